The summed E-state index contributed by atoms with van der Waals surface area (Å²) < 4.78 is 17.2. The summed E-state index contributed by atoms with van der Waals surface area (Å²) in [7, 11) is 1.56. The van der Waals surface area contributed by atoms with Gasteiger partial charge in [-0.3, -0.25) is 14.4 Å². The zero-order chi connectivity index (χ0) is 27.0. The molecule has 4 rings (SSSR count). The first-order chi connectivity index (χ1) is 17.7. The fourth-order valence-electron chi connectivity index (χ4n) is 6.40. The zero-order valence-corrected chi connectivity index (χ0v) is 21.7. The Morgan fingerprint density at radius 1 is 1.27 bits per heavy atom. The minimum absolute atomic E-state index is 0.0181. The number of anilines is 1. The van der Waals surface area contributed by atoms with Crippen molar-refractivity contribution in [1.29, 1.82) is 0 Å². The van der Waals surface area contributed by atoms with Crippen LogP contribution in [0.3, 0.4) is 0 Å². The Hall–Kier alpha value is -3.17. The molecule has 3 aliphatic rings. The van der Waals surface area contributed by atoms with E-state index in [-0.39, 0.29) is 31.6 Å². The van der Waals surface area contributed by atoms with Crippen molar-refractivity contribution in [2.75, 3.05) is 31.8 Å². The van der Waals surface area contributed by atoms with E-state index in [1.165, 1.54) is 11.0 Å². The molecule has 3 heterocycles. The highest BCUT2D eigenvalue weighted by atomic mass is 16.6. The Kier molecular flexibility index (Phi) is 7.48. The quantitative estimate of drug-likeness (QED) is 0.359. The number of carbonyl (C=O) groups excluding carboxylic acids is 3. The van der Waals surface area contributed by atoms with Crippen molar-refractivity contribution < 1.29 is 33.7 Å². The standard InChI is InChI=1S/C28H36N2O7/c1-6-15-29(19-9-11-20(35-5)12-10-19)25(33)23-28-14-13-27(4,37-28)22(26(34)36-16-7-2)21(28)24(32)30(23)18(8-3)17-31/h6-7,9-12,18,21-23,31H,1-2,8,13-17H2,3-5H3/t18-,21-,22+,23?,27-,28?/m0/s1. The molecule has 2 bridgehead atoms. The van der Waals surface area contributed by atoms with Gasteiger partial charge in [0.2, 0.25) is 5.91 Å². The summed E-state index contributed by atoms with van der Waals surface area (Å²) in [6, 6.07) is 5.41. The van der Waals surface area contributed by atoms with Gasteiger partial charge in [-0.1, -0.05) is 25.7 Å². The van der Waals surface area contributed by atoms with Gasteiger partial charge in [-0.15, -0.1) is 6.58 Å². The molecule has 37 heavy (non-hydrogen) atoms. The van der Waals surface area contributed by atoms with Crippen molar-refractivity contribution in [2.24, 2.45) is 11.8 Å². The second kappa shape index (κ2) is 10.3. The van der Waals surface area contributed by atoms with E-state index in [1.807, 2.05) is 13.8 Å². The molecule has 0 saturated carbocycles. The number of amides is 2. The number of methoxy groups -OCH3 is 1. The van der Waals surface area contributed by atoms with Gasteiger partial charge < -0.3 is 29.1 Å². The molecule has 1 N–H and O–H groups in total. The van der Waals surface area contributed by atoms with Crippen molar-refractivity contribution in [3.63, 3.8) is 0 Å². The van der Waals surface area contributed by atoms with Crippen LogP contribution in [0, 0.1) is 11.8 Å². The molecule has 2 unspecified atom stereocenters. The van der Waals surface area contributed by atoms with Gasteiger partial charge in [0.05, 0.1) is 31.3 Å². The van der Waals surface area contributed by atoms with Crippen LogP contribution in [0.2, 0.25) is 0 Å². The van der Waals surface area contributed by atoms with Crippen LogP contribution in [0.25, 0.3) is 0 Å². The molecular weight excluding hydrogens is 476 g/mol. The van der Waals surface area contributed by atoms with Crippen LogP contribution in [0.4, 0.5) is 5.69 Å². The minimum atomic E-state index is -1.21. The molecule has 1 aromatic carbocycles. The number of aliphatic hydroxyl groups excluding tert-OH is 1. The lowest BCUT2D eigenvalue weighted by atomic mass is 9.66. The Bertz CT molecular complexity index is 1070. The second-order valence-electron chi connectivity index (χ2n) is 10.1. The number of nitrogens with zero attached hydrogens (tertiary/aromatic N) is 2. The van der Waals surface area contributed by atoms with E-state index >= 15 is 0 Å². The second-order valence-corrected chi connectivity index (χ2v) is 10.1. The molecule has 0 aromatic heterocycles. The molecule has 9 heteroatoms. The van der Waals surface area contributed by atoms with Gasteiger partial charge in [0.15, 0.2) is 0 Å². The minimum Gasteiger partial charge on any atom is -0.497 e. The number of ether oxygens (including phenoxy) is 3. The summed E-state index contributed by atoms with van der Waals surface area (Å²) in [5.41, 5.74) is -1.54. The lowest BCUT2D eigenvalue weighted by Gasteiger charge is -2.39. The van der Waals surface area contributed by atoms with Gasteiger partial charge in [0.1, 0.15) is 29.9 Å². The van der Waals surface area contributed by atoms with Gasteiger partial charge >= 0.3 is 5.97 Å². The van der Waals surface area contributed by atoms with E-state index in [2.05, 4.69) is 13.2 Å². The van der Waals surface area contributed by atoms with Gasteiger partial charge in [0.25, 0.3) is 5.91 Å². The molecule has 3 aliphatic heterocycles. The molecule has 1 spiro atoms. The number of hydrogen-bond donors (Lipinski definition) is 1. The summed E-state index contributed by atoms with van der Waals surface area (Å²) in [5.74, 6) is -2.36. The number of rotatable bonds is 11. The molecule has 0 aliphatic carbocycles. The van der Waals surface area contributed by atoms with Crippen LogP contribution in [-0.2, 0) is 23.9 Å². The zero-order valence-electron chi connectivity index (χ0n) is 21.7. The van der Waals surface area contributed by atoms with Crippen LogP contribution in [0.15, 0.2) is 49.6 Å². The third kappa shape index (κ3) is 4.14. The number of likely N-dealkylation sites (tertiary alicyclic amines) is 1. The van der Waals surface area contributed by atoms with E-state index < -0.39 is 41.1 Å². The third-order valence-electron chi connectivity index (χ3n) is 8.08. The van der Waals surface area contributed by atoms with Crippen LogP contribution in [-0.4, -0.2) is 77.9 Å². The van der Waals surface area contributed by atoms with E-state index in [9.17, 15) is 19.5 Å². The van der Waals surface area contributed by atoms with E-state index in [1.54, 1.807) is 42.4 Å². The number of carbonyl (C=O) groups is 3. The van der Waals surface area contributed by atoms with Gasteiger partial charge in [-0.25, -0.2) is 0 Å². The molecule has 3 fully saturated rings. The Labute approximate surface area is 217 Å². The highest BCUT2D eigenvalue weighted by molar-refractivity contribution is 6.05. The summed E-state index contributed by atoms with van der Waals surface area (Å²) >= 11 is 0. The van der Waals surface area contributed by atoms with Crippen LogP contribution >= 0.6 is 0 Å². The van der Waals surface area contributed by atoms with Crippen molar-refractivity contribution in [3.8, 4) is 5.75 Å². The van der Waals surface area contributed by atoms with E-state index in [0.717, 1.165) is 0 Å². The van der Waals surface area contributed by atoms with E-state index in [0.29, 0.717) is 30.7 Å². The Morgan fingerprint density at radius 2 is 1.97 bits per heavy atom. The number of fused-ring (bicyclic) bond motifs is 1. The Morgan fingerprint density at radius 3 is 2.54 bits per heavy atom. The first-order valence-corrected chi connectivity index (χ1v) is 12.7. The maximum Gasteiger partial charge on any atom is 0.313 e. The largest absolute Gasteiger partial charge is 0.497 e. The van der Waals surface area contributed by atoms with Gasteiger partial charge in [0, 0.05) is 12.2 Å². The van der Waals surface area contributed by atoms with Crippen LogP contribution in [0.5, 0.6) is 5.75 Å². The topological polar surface area (TPSA) is 106 Å². The summed E-state index contributed by atoms with van der Waals surface area (Å²) in [4.78, 5) is 44.7. The molecule has 2 amide bonds. The highest BCUT2D eigenvalue weighted by Crippen LogP contribution is 2.63. The van der Waals surface area contributed by atoms with Crippen molar-refractivity contribution in [2.45, 2.75) is 56.4 Å². The fraction of sp³-hybridized carbons (Fsp3) is 0.536. The molecule has 3 saturated heterocycles. The molecule has 200 valence electrons. The number of esters is 1. The maximum absolute atomic E-state index is 14.4. The van der Waals surface area contributed by atoms with E-state index in [4.69, 9.17) is 14.2 Å². The first kappa shape index (κ1) is 26.9. The SMILES string of the molecule is C=CCOC(=O)[C@H]1[C@H]2C(=O)N([C@@H](CC)CO)C(C(=O)N(CC=C)c3ccc(OC)cc3)C23CC[C@]1(C)O3. The smallest absolute Gasteiger partial charge is 0.313 e. The Balaban J connectivity index is 1.81. The molecule has 6 atom stereocenters. The molecular formula is C28H36N2O7. The molecule has 9 nitrogen and oxygen atoms in total. The molecule has 0 radical (unpaired) electrons. The predicted octanol–water partition coefficient (Wildman–Crippen LogP) is 2.48. The van der Waals surface area contributed by atoms with Gasteiger partial charge in [-0.05, 0) is 50.5 Å². The van der Waals surface area contributed by atoms with Crippen LogP contribution < -0.4 is 9.64 Å². The van der Waals surface area contributed by atoms with Gasteiger partial charge in [-0.2, -0.15) is 0 Å². The monoisotopic (exact) mass is 512 g/mol. The highest BCUT2D eigenvalue weighted by Gasteiger charge is 2.79. The summed E-state index contributed by atoms with van der Waals surface area (Å²) in [6.45, 7) is 11.0. The number of aliphatic hydroxyl groups is 1. The number of hydrogen-bond acceptors (Lipinski definition) is 7. The summed E-state index contributed by atoms with van der Waals surface area (Å²) in [6.07, 6.45) is 4.46. The van der Waals surface area contributed by atoms with Crippen LogP contribution in [0.1, 0.15) is 33.1 Å². The third-order valence-corrected chi connectivity index (χ3v) is 8.08. The fourth-order valence-corrected chi connectivity index (χ4v) is 6.40. The predicted molar refractivity (Wildman–Crippen MR) is 137 cm³/mol. The first-order valence-electron chi connectivity index (χ1n) is 12.7. The number of benzene rings is 1. The lowest BCUT2D eigenvalue weighted by molar-refractivity contribution is -0.159. The average molecular weight is 513 g/mol. The van der Waals surface area contributed by atoms with Crippen molar-refractivity contribution in [3.05, 3.63) is 49.6 Å². The maximum atomic E-state index is 14.4. The molecule has 1 aromatic rings. The summed E-state index contributed by atoms with van der Waals surface area (Å²) in [5, 5.41) is 10.2. The van der Waals surface area contributed by atoms with Crippen molar-refractivity contribution >= 4 is 23.5 Å². The lowest BCUT2D eigenvalue weighted by Crippen LogP contribution is -2.59. The average Bonchev–Trinajstić information content (AvgIpc) is 3.47. The van der Waals surface area contributed by atoms with Crippen molar-refractivity contribution in [1.82, 2.24) is 4.90 Å². The normalized spacial score (nSPS) is 30.5.